The molecule has 21 heavy (non-hydrogen) atoms. The molecule has 0 saturated carbocycles. The van der Waals surface area contributed by atoms with E-state index < -0.39 is 0 Å². The molecular formula is C16H32N4O. The highest BCUT2D eigenvalue weighted by molar-refractivity contribution is 5.81. The average Bonchev–Trinajstić information content (AvgIpc) is 2.56. The summed E-state index contributed by atoms with van der Waals surface area (Å²) in [6.45, 7) is 11.0. The van der Waals surface area contributed by atoms with Crippen LogP contribution >= 0.6 is 0 Å². The van der Waals surface area contributed by atoms with Gasteiger partial charge in [-0.25, -0.2) is 0 Å². The number of piperidine rings is 1. The number of rotatable bonds is 5. The maximum Gasteiger partial charge on any atom is 0.239 e. The quantitative estimate of drug-likeness (QED) is 0.813. The van der Waals surface area contributed by atoms with Gasteiger partial charge in [-0.15, -0.1) is 0 Å². The van der Waals surface area contributed by atoms with Crippen LogP contribution in [0.15, 0.2) is 0 Å². The van der Waals surface area contributed by atoms with Crippen LogP contribution in [0.1, 0.15) is 39.5 Å². The van der Waals surface area contributed by atoms with Crippen molar-refractivity contribution in [2.75, 3.05) is 45.8 Å². The van der Waals surface area contributed by atoms with Gasteiger partial charge in [0, 0.05) is 51.9 Å². The van der Waals surface area contributed by atoms with Crippen molar-refractivity contribution in [2.24, 2.45) is 5.73 Å². The number of hydrogen-bond donors (Lipinski definition) is 1. The maximum absolute atomic E-state index is 12.6. The van der Waals surface area contributed by atoms with Gasteiger partial charge in [0.05, 0.1) is 6.04 Å². The van der Waals surface area contributed by atoms with Gasteiger partial charge in [-0.05, 0) is 32.6 Å². The van der Waals surface area contributed by atoms with E-state index in [1.807, 2.05) is 0 Å². The number of carbonyl (C=O) groups is 1. The van der Waals surface area contributed by atoms with Gasteiger partial charge < -0.3 is 10.6 Å². The molecule has 5 heteroatoms. The minimum atomic E-state index is 0.0307. The molecule has 0 aliphatic carbocycles. The molecular weight excluding hydrogens is 264 g/mol. The lowest BCUT2D eigenvalue weighted by Crippen LogP contribution is -2.57. The standard InChI is InChI=1S/C16H32N4O/c1-3-15(13-17)19-11-9-18(10-12-19)14(2)16(21)20-7-5-4-6-8-20/h14-15H,3-13,17H2,1-2H3. The Kier molecular flexibility index (Phi) is 6.45. The maximum atomic E-state index is 12.6. The van der Waals surface area contributed by atoms with Crippen LogP contribution in [0.25, 0.3) is 0 Å². The zero-order valence-corrected chi connectivity index (χ0v) is 13.8. The summed E-state index contributed by atoms with van der Waals surface area (Å²) >= 11 is 0. The normalized spacial score (nSPS) is 24.8. The highest BCUT2D eigenvalue weighted by Gasteiger charge is 2.30. The number of carbonyl (C=O) groups excluding carboxylic acids is 1. The highest BCUT2D eigenvalue weighted by atomic mass is 16.2. The second-order valence-electron chi connectivity index (χ2n) is 6.43. The summed E-state index contributed by atoms with van der Waals surface area (Å²) in [7, 11) is 0. The van der Waals surface area contributed by atoms with E-state index in [0.29, 0.717) is 11.9 Å². The van der Waals surface area contributed by atoms with Crippen molar-refractivity contribution in [3.8, 4) is 0 Å². The Morgan fingerprint density at radius 3 is 2.10 bits per heavy atom. The first-order valence-electron chi connectivity index (χ1n) is 8.64. The van der Waals surface area contributed by atoms with Crippen molar-refractivity contribution < 1.29 is 4.79 Å². The molecule has 2 aliphatic rings. The molecule has 2 heterocycles. The molecule has 2 N–H and O–H groups in total. The zero-order chi connectivity index (χ0) is 15.2. The number of amides is 1. The molecule has 5 nitrogen and oxygen atoms in total. The molecule has 0 spiro atoms. The van der Waals surface area contributed by atoms with Crippen LogP contribution in [0, 0.1) is 0 Å². The number of piperazine rings is 1. The van der Waals surface area contributed by atoms with Crippen molar-refractivity contribution in [1.82, 2.24) is 14.7 Å². The largest absolute Gasteiger partial charge is 0.341 e. The van der Waals surface area contributed by atoms with Gasteiger partial charge in [-0.1, -0.05) is 6.92 Å². The van der Waals surface area contributed by atoms with E-state index in [4.69, 9.17) is 5.73 Å². The van der Waals surface area contributed by atoms with Gasteiger partial charge in [0.1, 0.15) is 0 Å². The zero-order valence-electron chi connectivity index (χ0n) is 13.8. The summed E-state index contributed by atoms with van der Waals surface area (Å²) in [6.07, 6.45) is 4.72. The minimum Gasteiger partial charge on any atom is -0.341 e. The molecule has 2 rings (SSSR count). The van der Waals surface area contributed by atoms with Crippen LogP contribution in [-0.4, -0.2) is 78.5 Å². The SMILES string of the molecule is CCC(CN)N1CCN(C(C)C(=O)N2CCCCC2)CC1. The van der Waals surface area contributed by atoms with Gasteiger partial charge >= 0.3 is 0 Å². The average molecular weight is 296 g/mol. The topological polar surface area (TPSA) is 52.8 Å². The molecule has 0 aromatic heterocycles. The van der Waals surface area contributed by atoms with E-state index >= 15 is 0 Å². The summed E-state index contributed by atoms with van der Waals surface area (Å²) in [6, 6.07) is 0.531. The highest BCUT2D eigenvalue weighted by Crippen LogP contribution is 2.15. The van der Waals surface area contributed by atoms with Crippen LogP contribution in [-0.2, 0) is 4.79 Å². The summed E-state index contributed by atoms with van der Waals surface area (Å²) in [5.41, 5.74) is 5.84. The predicted molar refractivity (Wildman–Crippen MR) is 86.2 cm³/mol. The number of nitrogens with two attached hydrogens (primary N) is 1. The van der Waals surface area contributed by atoms with Crippen LogP contribution < -0.4 is 5.73 Å². The third kappa shape index (κ3) is 4.18. The van der Waals surface area contributed by atoms with Crippen molar-refractivity contribution in [1.29, 1.82) is 0 Å². The molecule has 122 valence electrons. The van der Waals surface area contributed by atoms with Crippen LogP contribution in [0.4, 0.5) is 0 Å². The molecule has 0 aromatic carbocycles. The second-order valence-corrected chi connectivity index (χ2v) is 6.43. The van der Waals surface area contributed by atoms with E-state index in [0.717, 1.165) is 52.2 Å². The van der Waals surface area contributed by atoms with Gasteiger partial charge in [0.15, 0.2) is 0 Å². The van der Waals surface area contributed by atoms with Crippen molar-refractivity contribution in [3.05, 3.63) is 0 Å². The van der Waals surface area contributed by atoms with Crippen molar-refractivity contribution >= 4 is 5.91 Å². The molecule has 2 aliphatic heterocycles. The van der Waals surface area contributed by atoms with E-state index in [-0.39, 0.29) is 6.04 Å². The van der Waals surface area contributed by atoms with Crippen molar-refractivity contribution in [2.45, 2.75) is 51.6 Å². The van der Waals surface area contributed by atoms with E-state index in [1.165, 1.54) is 19.3 Å². The smallest absolute Gasteiger partial charge is 0.239 e. The number of nitrogens with zero attached hydrogens (tertiary/aromatic N) is 3. The summed E-state index contributed by atoms with van der Waals surface area (Å²) in [5.74, 6) is 0.328. The molecule has 0 radical (unpaired) electrons. The molecule has 0 aromatic rings. The Morgan fingerprint density at radius 1 is 1.00 bits per heavy atom. The first-order valence-corrected chi connectivity index (χ1v) is 8.64. The first kappa shape index (κ1) is 16.7. The van der Waals surface area contributed by atoms with Crippen LogP contribution in [0.3, 0.4) is 0 Å². The van der Waals surface area contributed by atoms with Gasteiger partial charge in [0.25, 0.3) is 0 Å². The van der Waals surface area contributed by atoms with Gasteiger partial charge in [0.2, 0.25) is 5.91 Å². The fourth-order valence-electron chi connectivity index (χ4n) is 3.60. The molecule has 1 amide bonds. The Balaban J connectivity index is 1.82. The number of hydrogen-bond acceptors (Lipinski definition) is 4. The molecule has 2 unspecified atom stereocenters. The Bertz CT molecular complexity index is 318. The minimum absolute atomic E-state index is 0.0307. The van der Waals surface area contributed by atoms with Crippen LogP contribution in [0.5, 0.6) is 0 Å². The van der Waals surface area contributed by atoms with E-state index in [9.17, 15) is 4.79 Å². The lowest BCUT2D eigenvalue weighted by atomic mass is 10.1. The van der Waals surface area contributed by atoms with Crippen molar-refractivity contribution in [3.63, 3.8) is 0 Å². The molecule has 2 atom stereocenters. The molecule has 2 saturated heterocycles. The van der Waals surface area contributed by atoms with E-state index in [1.54, 1.807) is 0 Å². The van der Waals surface area contributed by atoms with Gasteiger partial charge in [-0.2, -0.15) is 0 Å². The fraction of sp³-hybridized carbons (Fsp3) is 0.938. The molecule has 0 bridgehead atoms. The van der Waals surface area contributed by atoms with Crippen LogP contribution in [0.2, 0.25) is 0 Å². The van der Waals surface area contributed by atoms with Gasteiger partial charge in [-0.3, -0.25) is 14.6 Å². The summed E-state index contributed by atoms with van der Waals surface area (Å²) in [5, 5.41) is 0. The second kappa shape index (κ2) is 8.11. The Morgan fingerprint density at radius 2 is 1.57 bits per heavy atom. The van der Waals surface area contributed by atoms with E-state index in [2.05, 4.69) is 28.5 Å². The predicted octanol–water partition coefficient (Wildman–Crippen LogP) is 0.742. The molecule has 2 fully saturated rings. The summed E-state index contributed by atoms with van der Waals surface area (Å²) in [4.78, 5) is 19.5. The monoisotopic (exact) mass is 296 g/mol. The first-order chi connectivity index (χ1) is 10.2. The Labute approximate surface area is 129 Å². The Hall–Kier alpha value is -0.650. The fourth-order valence-corrected chi connectivity index (χ4v) is 3.60. The lowest BCUT2D eigenvalue weighted by molar-refractivity contribution is -0.138. The third-order valence-electron chi connectivity index (χ3n) is 5.18. The summed E-state index contributed by atoms with van der Waals surface area (Å²) < 4.78 is 0. The lowest BCUT2D eigenvalue weighted by Gasteiger charge is -2.42. The number of likely N-dealkylation sites (tertiary alicyclic amines) is 1. The third-order valence-corrected chi connectivity index (χ3v) is 5.18.